The molecule has 1 aromatic rings. The fourth-order valence-corrected chi connectivity index (χ4v) is 1.33. The van der Waals surface area contributed by atoms with E-state index in [0.717, 1.165) is 0 Å². The number of carbonyl (C=O) groups excluding carboxylic acids is 2. The van der Waals surface area contributed by atoms with Crippen molar-refractivity contribution in [3.8, 4) is 0 Å². The van der Waals surface area contributed by atoms with E-state index in [1.165, 1.54) is 0 Å². The van der Waals surface area contributed by atoms with Crippen molar-refractivity contribution >= 4 is 11.8 Å². The minimum Gasteiger partial charge on any atom is -0.368 e. The predicted octanol–water partition coefficient (Wildman–Crippen LogP) is -0.393. The Morgan fingerprint density at radius 3 is 2.53 bits per heavy atom. The van der Waals surface area contributed by atoms with Crippen molar-refractivity contribution in [2.24, 2.45) is 11.7 Å². The first kappa shape index (κ1) is 13.1. The maximum atomic E-state index is 11.7. The van der Waals surface area contributed by atoms with Gasteiger partial charge in [-0.25, -0.2) is 4.98 Å². The number of H-pyrrole nitrogens is 1. The molecular formula is C10H17N5O2. The lowest BCUT2D eigenvalue weighted by Gasteiger charge is -2.17. The summed E-state index contributed by atoms with van der Waals surface area (Å²) in [5.41, 5.74) is 5.19. The molecule has 0 saturated carbocycles. The predicted molar refractivity (Wildman–Crippen MR) is 61.0 cm³/mol. The molecule has 0 spiro atoms. The lowest BCUT2D eigenvalue weighted by molar-refractivity contribution is -0.120. The lowest BCUT2D eigenvalue weighted by atomic mass is 10.0. The van der Waals surface area contributed by atoms with E-state index in [1.54, 1.807) is 13.8 Å². The standard InChI is InChI=1S/C10H17N5O2/c1-4-6-12-9(15-14-6)10(17)13-7(5(2)3)8(11)16/h5,7H,4H2,1-3H3,(H2,11,16)(H,13,17)(H,12,14,15). The van der Waals surface area contributed by atoms with E-state index in [-0.39, 0.29) is 11.7 Å². The van der Waals surface area contributed by atoms with Crippen LogP contribution >= 0.6 is 0 Å². The van der Waals surface area contributed by atoms with Gasteiger partial charge in [0, 0.05) is 6.42 Å². The molecule has 0 fully saturated rings. The van der Waals surface area contributed by atoms with Gasteiger partial charge in [0.15, 0.2) is 0 Å². The molecule has 4 N–H and O–H groups in total. The molecule has 0 bridgehead atoms. The molecule has 0 aliphatic heterocycles. The van der Waals surface area contributed by atoms with Crippen LogP contribution in [0.15, 0.2) is 0 Å². The van der Waals surface area contributed by atoms with Crippen LogP contribution < -0.4 is 11.1 Å². The summed E-state index contributed by atoms with van der Waals surface area (Å²) in [6.45, 7) is 5.48. The number of amides is 2. The summed E-state index contributed by atoms with van der Waals surface area (Å²) in [6.07, 6.45) is 0.656. The van der Waals surface area contributed by atoms with Crippen LogP contribution in [0.4, 0.5) is 0 Å². The molecule has 94 valence electrons. The van der Waals surface area contributed by atoms with Gasteiger partial charge >= 0.3 is 0 Å². The van der Waals surface area contributed by atoms with Gasteiger partial charge in [0.05, 0.1) is 0 Å². The van der Waals surface area contributed by atoms with Gasteiger partial charge in [-0.2, -0.15) is 0 Å². The van der Waals surface area contributed by atoms with Crippen LogP contribution in [-0.2, 0) is 11.2 Å². The SMILES string of the molecule is CCc1nc(C(=O)NC(C(N)=O)C(C)C)n[nH]1. The molecule has 1 heterocycles. The third-order valence-corrected chi connectivity index (χ3v) is 2.33. The van der Waals surface area contributed by atoms with Crippen molar-refractivity contribution in [3.63, 3.8) is 0 Å². The van der Waals surface area contributed by atoms with Crippen molar-refractivity contribution in [1.82, 2.24) is 20.5 Å². The average Bonchev–Trinajstić information content (AvgIpc) is 2.73. The van der Waals surface area contributed by atoms with Gasteiger partial charge in [-0.1, -0.05) is 20.8 Å². The topological polar surface area (TPSA) is 114 Å². The van der Waals surface area contributed by atoms with Crippen LogP contribution in [0.3, 0.4) is 0 Å². The zero-order chi connectivity index (χ0) is 13.0. The molecular weight excluding hydrogens is 222 g/mol. The number of hydrogen-bond acceptors (Lipinski definition) is 4. The summed E-state index contributed by atoms with van der Waals surface area (Å²) in [5.74, 6) is -0.511. The third-order valence-electron chi connectivity index (χ3n) is 2.33. The monoisotopic (exact) mass is 239 g/mol. The summed E-state index contributed by atoms with van der Waals surface area (Å²) in [4.78, 5) is 26.8. The number of nitrogens with one attached hydrogen (secondary N) is 2. The summed E-state index contributed by atoms with van der Waals surface area (Å²) in [5, 5.41) is 8.90. The Hall–Kier alpha value is -1.92. The van der Waals surface area contributed by atoms with Crippen LogP contribution in [0.25, 0.3) is 0 Å². The second-order valence-corrected chi connectivity index (χ2v) is 4.06. The maximum absolute atomic E-state index is 11.7. The maximum Gasteiger partial charge on any atom is 0.291 e. The van der Waals surface area contributed by atoms with E-state index in [0.29, 0.717) is 12.2 Å². The Morgan fingerprint density at radius 1 is 1.47 bits per heavy atom. The van der Waals surface area contributed by atoms with Crippen molar-refractivity contribution in [2.75, 3.05) is 0 Å². The smallest absolute Gasteiger partial charge is 0.291 e. The van der Waals surface area contributed by atoms with Crippen LogP contribution in [0.1, 0.15) is 37.2 Å². The third kappa shape index (κ3) is 3.27. The van der Waals surface area contributed by atoms with Crippen molar-refractivity contribution < 1.29 is 9.59 Å². The Morgan fingerprint density at radius 2 is 2.12 bits per heavy atom. The second kappa shape index (κ2) is 5.42. The Balaban J connectivity index is 2.73. The summed E-state index contributed by atoms with van der Waals surface area (Å²) < 4.78 is 0. The Kier molecular flexibility index (Phi) is 4.19. The van der Waals surface area contributed by atoms with Crippen molar-refractivity contribution in [3.05, 3.63) is 11.6 Å². The molecule has 0 aliphatic rings. The molecule has 7 heteroatoms. The molecule has 1 unspecified atom stereocenters. The highest BCUT2D eigenvalue weighted by Crippen LogP contribution is 2.02. The number of aromatic nitrogens is 3. The zero-order valence-corrected chi connectivity index (χ0v) is 10.2. The molecule has 7 nitrogen and oxygen atoms in total. The fraction of sp³-hybridized carbons (Fsp3) is 0.600. The highest BCUT2D eigenvalue weighted by atomic mass is 16.2. The van der Waals surface area contributed by atoms with Crippen LogP contribution in [0.2, 0.25) is 0 Å². The van der Waals surface area contributed by atoms with Crippen LogP contribution in [0.5, 0.6) is 0 Å². The van der Waals surface area contributed by atoms with E-state index in [2.05, 4.69) is 20.5 Å². The molecule has 0 aromatic carbocycles. The summed E-state index contributed by atoms with van der Waals surface area (Å²) in [6, 6.07) is -0.717. The van der Waals surface area contributed by atoms with Crippen molar-refractivity contribution in [1.29, 1.82) is 0 Å². The molecule has 2 amide bonds. The van der Waals surface area contributed by atoms with E-state index in [4.69, 9.17) is 5.73 Å². The highest BCUT2D eigenvalue weighted by molar-refractivity contribution is 5.94. The van der Waals surface area contributed by atoms with Crippen LogP contribution in [0, 0.1) is 5.92 Å². The second-order valence-electron chi connectivity index (χ2n) is 4.06. The van der Waals surface area contributed by atoms with Crippen molar-refractivity contribution in [2.45, 2.75) is 33.2 Å². The van der Waals surface area contributed by atoms with Crippen LogP contribution in [-0.4, -0.2) is 33.0 Å². The van der Waals surface area contributed by atoms with Gasteiger partial charge in [0.25, 0.3) is 5.91 Å². The Labute approximate surface area is 99.2 Å². The highest BCUT2D eigenvalue weighted by Gasteiger charge is 2.23. The first-order valence-electron chi connectivity index (χ1n) is 5.47. The minimum atomic E-state index is -0.717. The van der Waals surface area contributed by atoms with Gasteiger partial charge in [0.1, 0.15) is 11.9 Å². The van der Waals surface area contributed by atoms with Gasteiger partial charge in [-0.05, 0) is 5.92 Å². The molecule has 0 radical (unpaired) electrons. The number of aromatic amines is 1. The number of nitrogens with two attached hydrogens (primary N) is 1. The minimum absolute atomic E-state index is 0.0220. The van der Waals surface area contributed by atoms with E-state index < -0.39 is 17.9 Å². The average molecular weight is 239 g/mol. The normalized spacial score (nSPS) is 12.5. The number of nitrogens with zero attached hydrogens (tertiary/aromatic N) is 2. The molecule has 1 aromatic heterocycles. The lowest BCUT2D eigenvalue weighted by Crippen LogP contribution is -2.47. The quantitative estimate of drug-likeness (QED) is 0.649. The van der Waals surface area contributed by atoms with Gasteiger partial charge in [-0.15, -0.1) is 5.10 Å². The summed E-state index contributed by atoms with van der Waals surface area (Å²) >= 11 is 0. The molecule has 0 aliphatic carbocycles. The van der Waals surface area contributed by atoms with Gasteiger partial charge < -0.3 is 11.1 Å². The summed E-state index contributed by atoms with van der Waals surface area (Å²) in [7, 11) is 0. The van der Waals surface area contributed by atoms with E-state index in [1.807, 2.05) is 6.92 Å². The number of carbonyl (C=O) groups is 2. The number of hydrogen-bond donors (Lipinski definition) is 3. The number of aryl methyl sites for hydroxylation is 1. The molecule has 17 heavy (non-hydrogen) atoms. The number of primary amides is 1. The molecule has 1 rings (SSSR count). The largest absolute Gasteiger partial charge is 0.368 e. The first-order valence-corrected chi connectivity index (χ1v) is 5.47. The Bertz CT molecular complexity index is 413. The van der Waals surface area contributed by atoms with Gasteiger partial charge in [-0.3, -0.25) is 14.7 Å². The number of rotatable bonds is 5. The molecule has 1 atom stereocenters. The zero-order valence-electron chi connectivity index (χ0n) is 10.2. The van der Waals surface area contributed by atoms with Gasteiger partial charge in [0.2, 0.25) is 11.7 Å². The van der Waals surface area contributed by atoms with E-state index >= 15 is 0 Å². The first-order chi connectivity index (χ1) is 7.95. The van der Waals surface area contributed by atoms with E-state index in [9.17, 15) is 9.59 Å². The molecule has 0 saturated heterocycles. The fourth-order valence-electron chi connectivity index (χ4n) is 1.33.